The van der Waals surface area contributed by atoms with Gasteiger partial charge >= 0.3 is 5.97 Å². The molecule has 0 atom stereocenters. The highest BCUT2D eigenvalue weighted by atomic mass is 32.1. The first kappa shape index (κ1) is 19.3. The first-order valence-corrected chi connectivity index (χ1v) is 10.4. The molecule has 4 rings (SSSR count). The average Bonchev–Trinajstić information content (AvgIpc) is 3.45. The quantitative estimate of drug-likeness (QED) is 0.626. The van der Waals surface area contributed by atoms with E-state index in [0.29, 0.717) is 46.1 Å². The number of aryl methyl sites for hydroxylation is 1. The van der Waals surface area contributed by atoms with E-state index in [1.807, 2.05) is 6.92 Å². The van der Waals surface area contributed by atoms with Crippen LogP contribution in [0.3, 0.4) is 0 Å². The van der Waals surface area contributed by atoms with Crippen LogP contribution in [0.25, 0.3) is 10.2 Å². The molecule has 1 aliphatic carbocycles. The predicted molar refractivity (Wildman–Crippen MR) is 112 cm³/mol. The summed E-state index contributed by atoms with van der Waals surface area (Å²) in [6.07, 6.45) is 3.84. The van der Waals surface area contributed by atoms with Crippen molar-refractivity contribution in [2.24, 2.45) is 5.92 Å². The Balaban J connectivity index is 1.58. The zero-order valence-electron chi connectivity index (χ0n) is 16.2. The fraction of sp³-hybridized carbons (Fsp3) is 0.333. The Morgan fingerprint density at radius 1 is 1.28 bits per heavy atom. The van der Waals surface area contributed by atoms with E-state index in [0.717, 1.165) is 17.7 Å². The van der Waals surface area contributed by atoms with Gasteiger partial charge in [-0.05, 0) is 56.9 Å². The summed E-state index contributed by atoms with van der Waals surface area (Å²) in [6, 6.07) is 6.48. The van der Waals surface area contributed by atoms with Crippen molar-refractivity contribution >= 4 is 39.1 Å². The van der Waals surface area contributed by atoms with Crippen molar-refractivity contribution in [3.63, 3.8) is 0 Å². The third-order valence-electron chi connectivity index (χ3n) is 4.87. The van der Waals surface area contributed by atoms with Gasteiger partial charge in [-0.25, -0.2) is 9.78 Å². The van der Waals surface area contributed by atoms with Gasteiger partial charge in [0.1, 0.15) is 10.2 Å². The minimum atomic E-state index is -0.406. The van der Waals surface area contributed by atoms with Gasteiger partial charge in [-0.15, -0.1) is 11.3 Å². The summed E-state index contributed by atoms with van der Waals surface area (Å²) in [4.78, 5) is 42.5. The molecule has 2 heterocycles. The van der Waals surface area contributed by atoms with Crippen molar-refractivity contribution in [2.45, 2.75) is 33.2 Å². The molecule has 1 fully saturated rings. The van der Waals surface area contributed by atoms with E-state index in [1.54, 1.807) is 42.1 Å². The number of thiophene rings is 1. The summed E-state index contributed by atoms with van der Waals surface area (Å²) in [5, 5.41) is 2.82. The maximum Gasteiger partial charge on any atom is 0.338 e. The Morgan fingerprint density at radius 3 is 2.66 bits per heavy atom. The summed E-state index contributed by atoms with van der Waals surface area (Å²) >= 11 is 1.30. The standard InChI is InChI=1S/C21H21N3O4S/c1-3-28-21(27)14-6-8-15(9-7-14)23-19(25)16-12(2)29-18-17(16)22-11-24(20(18)26)10-13-4-5-13/h6-9,11,13H,3-5,10H2,1-2H3,(H,23,25). The lowest BCUT2D eigenvalue weighted by molar-refractivity contribution is 0.0526. The Hall–Kier alpha value is -3.00. The van der Waals surface area contributed by atoms with Gasteiger partial charge in [0.15, 0.2) is 0 Å². The molecular formula is C21H21N3O4S. The van der Waals surface area contributed by atoms with E-state index >= 15 is 0 Å². The molecule has 150 valence electrons. The third-order valence-corrected chi connectivity index (χ3v) is 5.96. The molecule has 0 unspecified atom stereocenters. The lowest BCUT2D eigenvalue weighted by Gasteiger charge is -2.07. The molecule has 29 heavy (non-hydrogen) atoms. The van der Waals surface area contributed by atoms with E-state index < -0.39 is 5.97 Å². The van der Waals surface area contributed by atoms with Gasteiger partial charge in [0.05, 0.1) is 24.1 Å². The molecule has 1 N–H and O–H groups in total. The number of nitrogens with one attached hydrogen (secondary N) is 1. The van der Waals surface area contributed by atoms with Gasteiger partial charge in [-0.3, -0.25) is 14.2 Å². The lowest BCUT2D eigenvalue weighted by atomic mass is 10.2. The van der Waals surface area contributed by atoms with Gasteiger partial charge in [-0.2, -0.15) is 0 Å². The number of ether oxygens (including phenoxy) is 1. The van der Waals surface area contributed by atoms with E-state index in [2.05, 4.69) is 10.3 Å². The van der Waals surface area contributed by atoms with E-state index in [9.17, 15) is 14.4 Å². The molecule has 1 saturated carbocycles. The van der Waals surface area contributed by atoms with Crippen LogP contribution in [0.2, 0.25) is 0 Å². The van der Waals surface area contributed by atoms with Gasteiger partial charge in [0, 0.05) is 17.1 Å². The topological polar surface area (TPSA) is 90.3 Å². The van der Waals surface area contributed by atoms with Crippen LogP contribution in [-0.4, -0.2) is 28.0 Å². The maximum atomic E-state index is 12.9. The number of nitrogens with zero attached hydrogens (tertiary/aromatic N) is 2. The summed E-state index contributed by atoms with van der Waals surface area (Å²) in [5.74, 6) is -0.172. The minimum Gasteiger partial charge on any atom is -0.462 e. The molecule has 3 aromatic rings. The Labute approximate surface area is 171 Å². The molecule has 0 aliphatic heterocycles. The number of benzene rings is 1. The number of amides is 1. The van der Waals surface area contributed by atoms with E-state index in [-0.39, 0.29) is 11.5 Å². The summed E-state index contributed by atoms with van der Waals surface area (Å²) in [6.45, 7) is 4.55. The highest BCUT2D eigenvalue weighted by Crippen LogP contribution is 2.31. The molecule has 1 amide bonds. The van der Waals surface area contributed by atoms with Crippen molar-refractivity contribution < 1.29 is 14.3 Å². The number of carbonyl (C=O) groups excluding carboxylic acids is 2. The first-order valence-electron chi connectivity index (χ1n) is 9.55. The van der Waals surface area contributed by atoms with Gasteiger partial charge in [-0.1, -0.05) is 0 Å². The van der Waals surface area contributed by atoms with Crippen molar-refractivity contribution in [1.29, 1.82) is 0 Å². The molecular weight excluding hydrogens is 390 g/mol. The molecule has 2 aromatic heterocycles. The second-order valence-electron chi connectivity index (χ2n) is 7.11. The number of anilines is 1. The van der Waals surface area contributed by atoms with Crippen LogP contribution in [0.15, 0.2) is 35.4 Å². The Kier molecular flexibility index (Phi) is 5.19. The lowest BCUT2D eigenvalue weighted by Crippen LogP contribution is -2.21. The second-order valence-corrected chi connectivity index (χ2v) is 8.33. The molecule has 7 nitrogen and oxygen atoms in total. The normalized spacial score (nSPS) is 13.4. The minimum absolute atomic E-state index is 0.0900. The van der Waals surface area contributed by atoms with Gasteiger partial charge < -0.3 is 10.1 Å². The predicted octanol–water partition coefficient (Wildman–Crippen LogP) is 3.61. The monoisotopic (exact) mass is 411 g/mol. The summed E-state index contributed by atoms with van der Waals surface area (Å²) < 4.78 is 7.11. The SMILES string of the molecule is CCOC(=O)c1ccc(NC(=O)c2c(C)sc3c(=O)n(CC4CC4)cnc23)cc1. The number of hydrogen-bond acceptors (Lipinski definition) is 6. The van der Waals surface area contributed by atoms with Crippen molar-refractivity contribution in [3.8, 4) is 0 Å². The van der Waals surface area contributed by atoms with Gasteiger partial charge in [0.2, 0.25) is 0 Å². The zero-order valence-corrected chi connectivity index (χ0v) is 17.0. The van der Waals surface area contributed by atoms with Crippen molar-refractivity contribution in [3.05, 3.63) is 57.0 Å². The number of aromatic nitrogens is 2. The molecule has 0 spiro atoms. The Bertz CT molecular complexity index is 1140. The van der Waals surface area contributed by atoms with E-state index in [4.69, 9.17) is 4.74 Å². The number of fused-ring (bicyclic) bond motifs is 1. The highest BCUT2D eigenvalue weighted by molar-refractivity contribution is 7.19. The second kappa shape index (κ2) is 7.79. The fourth-order valence-electron chi connectivity index (χ4n) is 3.18. The van der Waals surface area contributed by atoms with Crippen LogP contribution in [0.4, 0.5) is 5.69 Å². The highest BCUT2D eigenvalue weighted by Gasteiger charge is 2.24. The number of rotatable bonds is 6. The molecule has 0 saturated heterocycles. The molecule has 0 radical (unpaired) electrons. The van der Waals surface area contributed by atoms with Gasteiger partial charge in [0.25, 0.3) is 11.5 Å². The molecule has 1 aliphatic rings. The number of esters is 1. The maximum absolute atomic E-state index is 12.9. The summed E-state index contributed by atoms with van der Waals surface area (Å²) in [5.41, 5.74) is 1.72. The van der Waals surface area contributed by atoms with Crippen molar-refractivity contribution in [2.75, 3.05) is 11.9 Å². The molecule has 0 bridgehead atoms. The van der Waals surface area contributed by atoms with Crippen LogP contribution in [0.1, 0.15) is 45.4 Å². The molecule has 1 aromatic carbocycles. The third kappa shape index (κ3) is 3.93. The summed E-state index contributed by atoms with van der Waals surface area (Å²) in [7, 11) is 0. The van der Waals surface area contributed by atoms with Crippen LogP contribution in [0, 0.1) is 12.8 Å². The van der Waals surface area contributed by atoms with Crippen LogP contribution >= 0.6 is 11.3 Å². The number of hydrogen-bond donors (Lipinski definition) is 1. The fourth-order valence-corrected chi connectivity index (χ4v) is 4.24. The zero-order chi connectivity index (χ0) is 20.5. The average molecular weight is 411 g/mol. The first-order chi connectivity index (χ1) is 14.0. The van der Waals surface area contributed by atoms with Crippen LogP contribution in [-0.2, 0) is 11.3 Å². The van der Waals surface area contributed by atoms with Crippen LogP contribution < -0.4 is 10.9 Å². The number of carbonyl (C=O) groups is 2. The Morgan fingerprint density at radius 2 is 2.00 bits per heavy atom. The van der Waals surface area contributed by atoms with E-state index in [1.165, 1.54) is 11.3 Å². The van der Waals surface area contributed by atoms with Crippen molar-refractivity contribution in [1.82, 2.24) is 9.55 Å². The molecule has 8 heteroatoms. The smallest absolute Gasteiger partial charge is 0.338 e. The van der Waals surface area contributed by atoms with Crippen LogP contribution in [0.5, 0.6) is 0 Å². The largest absolute Gasteiger partial charge is 0.462 e.